The molecular formula is C19H20ClN3O6. The van der Waals surface area contributed by atoms with E-state index < -0.39 is 24.5 Å². The maximum atomic E-state index is 11.9. The van der Waals surface area contributed by atoms with Crippen LogP contribution in [0, 0.1) is 0 Å². The van der Waals surface area contributed by atoms with Gasteiger partial charge >= 0.3 is 12.0 Å². The first-order valence-corrected chi connectivity index (χ1v) is 9.11. The first-order valence-electron chi connectivity index (χ1n) is 8.73. The number of esters is 1. The monoisotopic (exact) mass is 421 g/mol. The van der Waals surface area contributed by atoms with Crippen molar-refractivity contribution < 1.29 is 28.3 Å². The SMILES string of the molecule is O=C(COC(=O)CCCNC(=O)c1ccc(Cl)cc1)NC(=O)NCc1ccco1. The molecule has 0 spiro atoms. The lowest BCUT2D eigenvalue weighted by molar-refractivity contribution is -0.148. The number of ether oxygens (including phenoxy) is 1. The van der Waals surface area contributed by atoms with Gasteiger partial charge in [-0.05, 0) is 42.8 Å². The number of hydrogen-bond acceptors (Lipinski definition) is 6. The highest BCUT2D eigenvalue weighted by Crippen LogP contribution is 2.09. The van der Waals surface area contributed by atoms with E-state index in [0.29, 0.717) is 22.8 Å². The molecule has 3 N–H and O–H groups in total. The number of benzene rings is 1. The molecule has 0 atom stereocenters. The van der Waals surface area contributed by atoms with Gasteiger partial charge in [0.15, 0.2) is 6.61 Å². The van der Waals surface area contributed by atoms with Gasteiger partial charge in [0.2, 0.25) is 0 Å². The molecule has 1 aromatic heterocycles. The van der Waals surface area contributed by atoms with Crippen molar-refractivity contribution in [1.29, 1.82) is 0 Å². The molecule has 0 radical (unpaired) electrons. The fourth-order valence-electron chi connectivity index (χ4n) is 2.14. The van der Waals surface area contributed by atoms with Crippen LogP contribution in [0.1, 0.15) is 29.0 Å². The second kappa shape index (κ2) is 11.5. The molecule has 10 heteroatoms. The zero-order chi connectivity index (χ0) is 21.1. The number of imide groups is 1. The normalized spacial score (nSPS) is 10.1. The van der Waals surface area contributed by atoms with E-state index in [1.165, 1.54) is 6.26 Å². The number of carbonyl (C=O) groups excluding carboxylic acids is 4. The van der Waals surface area contributed by atoms with E-state index in [0.717, 1.165) is 0 Å². The van der Waals surface area contributed by atoms with Crippen LogP contribution >= 0.6 is 11.6 Å². The number of furan rings is 1. The lowest BCUT2D eigenvalue weighted by Crippen LogP contribution is -2.41. The molecule has 0 fully saturated rings. The van der Waals surface area contributed by atoms with Crippen LogP contribution in [0.4, 0.5) is 4.79 Å². The van der Waals surface area contributed by atoms with Crippen molar-refractivity contribution in [2.45, 2.75) is 19.4 Å². The fraction of sp³-hybridized carbons (Fsp3) is 0.263. The third-order valence-corrected chi connectivity index (χ3v) is 3.82. The van der Waals surface area contributed by atoms with Crippen LogP contribution in [-0.2, 0) is 20.9 Å². The van der Waals surface area contributed by atoms with Gasteiger partial charge in [-0.1, -0.05) is 11.6 Å². The molecule has 2 aromatic rings. The zero-order valence-electron chi connectivity index (χ0n) is 15.4. The Balaban J connectivity index is 1.54. The molecule has 29 heavy (non-hydrogen) atoms. The summed E-state index contributed by atoms with van der Waals surface area (Å²) in [5, 5.41) is 7.64. The van der Waals surface area contributed by atoms with E-state index in [-0.39, 0.29) is 25.4 Å². The number of halogens is 1. The van der Waals surface area contributed by atoms with E-state index in [1.54, 1.807) is 36.4 Å². The first-order chi connectivity index (χ1) is 13.9. The largest absolute Gasteiger partial charge is 0.467 e. The third kappa shape index (κ3) is 8.48. The summed E-state index contributed by atoms with van der Waals surface area (Å²) in [5.74, 6) is -1.12. The summed E-state index contributed by atoms with van der Waals surface area (Å²) in [6.45, 7) is -0.199. The van der Waals surface area contributed by atoms with Crippen molar-refractivity contribution >= 4 is 35.4 Å². The van der Waals surface area contributed by atoms with Crippen molar-refractivity contribution in [3.8, 4) is 0 Å². The molecular weight excluding hydrogens is 402 g/mol. The summed E-state index contributed by atoms with van der Waals surface area (Å²) < 4.78 is 9.81. The van der Waals surface area contributed by atoms with Crippen LogP contribution in [0.15, 0.2) is 47.1 Å². The molecule has 1 aromatic carbocycles. The summed E-state index contributed by atoms with van der Waals surface area (Å²) >= 11 is 5.76. The third-order valence-electron chi connectivity index (χ3n) is 3.57. The van der Waals surface area contributed by atoms with Crippen LogP contribution < -0.4 is 16.0 Å². The summed E-state index contributed by atoms with van der Waals surface area (Å²) in [7, 11) is 0. The molecule has 9 nitrogen and oxygen atoms in total. The lowest BCUT2D eigenvalue weighted by atomic mass is 10.2. The maximum absolute atomic E-state index is 11.9. The van der Waals surface area contributed by atoms with Crippen LogP contribution in [0.25, 0.3) is 0 Å². The van der Waals surface area contributed by atoms with E-state index in [1.807, 2.05) is 5.32 Å². The topological polar surface area (TPSA) is 127 Å². The van der Waals surface area contributed by atoms with Gasteiger partial charge in [0, 0.05) is 23.6 Å². The Morgan fingerprint density at radius 2 is 1.79 bits per heavy atom. The molecule has 4 amide bonds. The van der Waals surface area contributed by atoms with Gasteiger partial charge in [-0.2, -0.15) is 0 Å². The van der Waals surface area contributed by atoms with Crippen molar-refractivity contribution in [3.63, 3.8) is 0 Å². The molecule has 0 aliphatic rings. The number of urea groups is 1. The van der Waals surface area contributed by atoms with Gasteiger partial charge in [-0.3, -0.25) is 19.7 Å². The van der Waals surface area contributed by atoms with Gasteiger partial charge in [-0.15, -0.1) is 0 Å². The van der Waals surface area contributed by atoms with Crippen molar-refractivity contribution in [2.75, 3.05) is 13.2 Å². The van der Waals surface area contributed by atoms with E-state index >= 15 is 0 Å². The highest BCUT2D eigenvalue weighted by atomic mass is 35.5. The second-order valence-electron chi connectivity index (χ2n) is 5.84. The quantitative estimate of drug-likeness (QED) is 0.420. The van der Waals surface area contributed by atoms with Gasteiger partial charge in [0.05, 0.1) is 12.8 Å². The van der Waals surface area contributed by atoms with E-state index in [4.69, 9.17) is 20.8 Å². The zero-order valence-corrected chi connectivity index (χ0v) is 16.2. The molecule has 0 saturated heterocycles. The summed E-state index contributed by atoms with van der Waals surface area (Å²) in [5.41, 5.74) is 0.457. The minimum Gasteiger partial charge on any atom is -0.467 e. The smallest absolute Gasteiger partial charge is 0.321 e. The summed E-state index contributed by atoms with van der Waals surface area (Å²) in [6, 6.07) is 9.01. The summed E-state index contributed by atoms with van der Waals surface area (Å²) in [4.78, 5) is 46.6. The van der Waals surface area contributed by atoms with Crippen LogP contribution in [-0.4, -0.2) is 37.0 Å². The lowest BCUT2D eigenvalue weighted by Gasteiger charge is -2.07. The van der Waals surface area contributed by atoms with Gasteiger partial charge in [0.25, 0.3) is 11.8 Å². The highest BCUT2D eigenvalue weighted by molar-refractivity contribution is 6.30. The molecule has 0 bridgehead atoms. The Labute approximate surface area is 171 Å². The average molecular weight is 422 g/mol. The number of hydrogen-bond donors (Lipinski definition) is 3. The standard InChI is InChI=1S/C19H20ClN3O6/c20-14-7-5-13(6-8-14)18(26)21-9-1-4-17(25)29-12-16(24)23-19(27)22-11-15-3-2-10-28-15/h2-3,5-8,10H,1,4,9,11-12H2,(H,21,26)(H2,22,23,24,27). The van der Waals surface area contributed by atoms with Crippen molar-refractivity contribution in [1.82, 2.24) is 16.0 Å². The minimum atomic E-state index is -0.758. The van der Waals surface area contributed by atoms with Crippen molar-refractivity contribution in [3.05, 3.63) is 59.0 Å². The Kier molecular flexibility index (Phi) is 8.71. The molecule has 0 aliphatic carbocycles. The minimum absolute atomic E-state index is 0.0128. The van der Waals surface area contributed by atoms with Gasteiger partial charge in [0.1, 0.15) is 5.76 Å². The van der Waals surface area contributed by atoms with Crippen LogP contribution in [0.3, 0.4) is 0 Å². The molecule has 2 rings (SSSR count). The summed E-state index contributed by atoms with van der Waals surface area (Å²) in [6.07, 6.45) is 1.81. The molecule has 1 heterocycles. The molecule has 0 aliphatic heterocycles. The Bertz CT molecular complexity index is 836. The fourth-order valence-corrected chi connectivity index (χ4v) is 2.27. The Hall–Kier alpha value is -3.33. The average Bonchev–Trinajstić information content (AvgIpc) is 3.22. The number of nitrogens with one attached hydrogen (secondary N) is 3. The molecule has 154 valence electrons. The van der Waals surface area contributed by atoms with Crippen LogP contribution in [0.5, 0.6) is 0 Å². The second-order valence-corrected chi connectivity index (χ2v) is 6.27. The predicted octanol–water partition coefficient (Wildman–Crippen LogP) is 2.01. The van der Waals surface area contributed by atoms with Gasteiger partial charge in [-0.25, -0.2) is 4.79 Å². The molecule has 0 unspecified atom stereocenters. The van der Waals surface area contributed by atoms with Crippen molar-refractivity contribution in [2.24, 2.45) is 0 Å². The van der Waals surface area contributed by atoms with E-state index in [2.05, 4.69) is 10.6 Å². The number of rotatable bonds is 9. The first kappa shape index (κ1) is 22.0. The maximum Gasteiger partial charge on any atom is 0.321 e. The predicted molar refractivity (Wildman–Crippen MR) is 103 cm³/mol. The van der Waals surface area contributed by atoms with Gasteiger partial charge < -0.3 is 19.8 Å². The number of carbonyl (C=O) groups is 4. The molecule has 0 saturated carbocycles. The Morgan fingerprint density at radius 3 is 2.48 bits per heavy atom. The van der Waals surface area contributed by atoms with E-state index in [9.17, 15) is 19.2 Å². The number of amides is 4. The highest BCUT2D eigenvalue weighted by Gasteiger charge is 2.11. The Morgan fingerprint density at radius 1 is 1.03 bits per heavy atom. The van der Waals surface area contributed by atoms with Crippen LogP contribution in [0.2, 0.25) is 5.02 Å².